The van der Waals surface area contributed by atoms with Crippen LogP contribution in [0.4, 0.5) is 10.7 Å². The number of rotatable bonds is 6. The van der Waals surface area contributed by atoms with Crippen LogP contribution < -0.4 is 11.1 Å². The van der Waals surface area contributed by atoms with Crippen LogP contribution in [0, 0.1) is 0 Å². The van der Waals surface area contributed by atoms with Crippen molar-refractivity contribution in [3.8, 4) is 0 Å². The highest BCUT2D eigenvalue weighted by Crippen LogP contribution is 2.41. The molecule has 0 saturated heterocycles. The van der Waals surface area contributed by atoms with E-state index in [4.69, 9.17) is 10.5 Å². The third kappa shape index (κ3) is 4.18. The van der Waals surface area contributed by atoms with Crippen LogP contribution in [0.15, 0.2) is 16.5 Å². The van der Waals surface area contributed by atoms with E-state index in [1.165, 1.54) is 28.7 Å². The Hall–Kier alpha value is -1.14. The molecule has 1 aromatic heterocycles. The molecule has 0 spiro atoms. The number of carbonyl (C=O) groups excluding carboxylic acids is 1. The predicted octanol–water partition coefficient (Wildman–Crippen LogP) is 3.61. The summed E-state index contributed by atoms with van der Waals surface area (Å²) in [5.41, 5.74) is 7.76. The number of nitrogen functional groups attached to an aromatic ring is 1. The first-order valence-electron chi connectivity index (χ1n) is 6.01. The molecule has 0 aliphatic carbocycles. The molecule has 1 aromatic rings. The number of thioether (sulfide) groups is 1. The number of hydrogen-bond donors (Lipinski definition) is 2. The van der Waals surface area contributed by atoms with Crippen molar-refractivity contribution >= 4 is 39.8 Å². The summed E-state index contributed by atoms with van der Waals surface area (Å²) >= 11 is 2.88. The minimum Gasteiger partial charge on any atom is -0.462 e. The summed E-state index contributed by atoms with van der Waals surface area (Å²) in [7, 11) is 0. The first-order valence-corrected chi connectivity index (χ1v) is 8.06. The molecule has 0 radical (unpaired) electrons. The third-order valence-electron chi connectivity index (χ3n) is 2.34. The van der Waals surface area contributed by atoms with E-state index in [0.29, 0.717) is 17.2 Å². The zero-order valence-corrected chi connectivity index (χ0v) is 13.3. The van der Waals surface area contributed by atoms with Gasteiger partial charge in [-0.1, -0.05) is 11.6 Å². The van der Waals surface area contributed by atoms with E-state index in [-0.39, 0.29) is 5.97 Å². The topological polar surface area (TPSA) is 64.3 Å². The zero-order chi connectivity index (χ0) is 14.4. The quantitative estimate of drug-likeness (QED) is 0.477. The fourth-order valence-corrected chi connectivity index (χ4v) is 3.38. The van der Waals surface area contributed by atoms with Gasteiger partial charge in [0.1, 0.15) is 9.88 Å². The number of hydrogen-bond acceptors (Lipinski definition) is 6. The van der Waals surface area contributed by atoms with Gasteiger partial charge in [-0.2, -0.15) is 0 Å². The minimum absolute atomic E-state index is 0.351. The van der Waals surface area contributed by atoms with Crippen LogP contribution in [0.25, 0.3) is 0 Å². The molecule has 106 valence electrons. The number of allylic oxidation sites excluding steroid dienone is 1. The molecule has 1 heterocycles. The van der Waals surface area contributed by atoms with E-state index < -0.39 is 0 Å². The Balaban J connectivity index is 2.95. The van der Waals surface area contributed by atoms with Gasteiger partial charge in [-0.25, -0.2) is 4.79 Å². The van der Waals surface area contributed by atoms with E-state index in [1.807, 2.05) is 20.1 Å². The monoisotopic (exact) mass is 300 g/mol. The Morgan fingerprint density at radius 2 is 2.21 bits per heavy atom. The summed E-state index contributed by atoms with van der Waals surface area (Å²) in [6.45, 7) is 6.95. The van der Waals surface area contributed by atoms with Crippen LogP contribution in [0.5, 0.6) is 0 Å². The minimum atomic E-state index is -0.351. The molecule has 3 N–H and O–H groups in total. The van der Waals surface area contributed by atoms with Gasteiger partial charge in [-0.05, 0) is 27.0 Å². The molecule has 0 aliphatic heterocycles. The number of ether oxygens (including phenoxy) is 1. The summed E-state index contributed by atoms with van der Waals surface area (Å²) in [6, 6.07) is 0. The van der Waals surface area contributed by atoms with Gasteiger partial charge in [0.15, 0.2) is 0 Å². The smallest absolute Gasteiger partial charge is 0.350 e. The van der Waals surface area contributed by atoms with E-state index in [0.717, 1.165) is 16.4 Å². The first kappa shape index (κ1) is 15.9. The second-order valence-electron chi connectivity index (χ2n) is 4.09. The Bertz CT molecular complexity index is 477. The molecule has 4 nitrogen and oxygen atoms in total. The molecule has 1 rings (SSSR count). The van der Waals surface area contributed by atoms with Gasteiger partial charge in [0, 0.05) is 6.54 Å². The van der Waals surface area contributed by atoms with E-state index in [1.54, 1.807) is 6.92 Å². The number of nitrogens with one attached hydrogen (secondary N) is 1. The van der Waals surface area contributed by atoms with Gasteiger partial charge in [0.2, 0.25) is 0 Å². The summed E-state index contributed by atoms with van der Waals surface area (Å²) in [5, 5.41) is 4.21. The van der Waals surface area contributed by atoms with E-state index >= 15 is 0 Å². The second kappa shape index (κ2) is 7.45. The fourth-order valence-electron chi connectivity index (χ4n) is 1.44. The number of carbonyl (C=O) groups is 1. The molecule has 0 atom stereocenters. The van der Waals surface area contributed by atoms with Gasteiger partial charge in [-0.3, -0.25) is 0 Å². The van der Waals surface area contributed by atoms with Crippen LogP contribution in [-0.4, -0.2) is 25.4 Å². The molecule has 0 bridgehead atoms. The van der Waals surface area contributed by atoms with Crippen molar-refractivity contribution in [1.82, 2.24) is 0 Å². The second-order valence-corrected chi connectivity index (χ2v) is 5.93. The fraction of sp³-hybridized carbons (Fsp3) is 0.462. The SMILES string of the molecule is CCOC(=O)c1sc(NCC=C(C)C)c(SC)c1N. The Labute approximate surface area is 122 Å². The molecule has 0 fully saturated rings. The highest BCUT2D eigenvalue weighted by Gasteiger charge is 2.21. The number of esters is 1. The highest BCUT2D eigenvalue weighted by atomic mass is 32.2. The van der Waals surface area contributed by atoms with Crippen molar-refractivity contribution in [2.24, 2.45) is 0 Å². The van der Waals surface area contributed by atoms with E-state index in [9.17, 15) is 4.79 Å². The van der Waals surface area contributed by atoms with Crippen molar-refractivity contribution in [2.45, 2.75) is 25.7 Å². The first-order chi connectivity index (χ1) is 9.01. The Morgan fingerprint density at radius 3 is 2.74 bits per heavy atom. The summed E-state index contributed by atoms with van der Waals surface area (Å²) < 4.78 is 5.01. The molecule has 0 saturated carbocycles. The number of nitrogens with two attached hydrogens (primary N) is 1. The van der Waals surface area contributed by atoms with Crippen LogP contribution in [-0.2, 0) is 4.74 Å². The van der Waals surface area contributed by atoms with Gasteiger partial charge in [0.25, 0.3) is 0 Å². The van der Waals surface area contributed by atoms with Crippen LogP contribution >= 0.6 is 23.1 Å². The molecular formula is C13H20N2O2S2. The standard InChI is InChI=1S/C13H20N2O2S2/c1-5-17-13(16)11-9(14)10(18-4)12(19-11)15-7-6-8(2)3/h6,15H,5,7,14H2,1-4H3. The lowest BCUT2D eigenvalue weighted by Crippen LogP contribution is -2.04. The molecule has 0 unspecified atom stereocenters. The molecule has 0 aromatic carbocycles. The summed E-state index contributed by atoms with van der Waals surface area (Å²) in [5.74, 6) is -0.351. The predicted molar refractivity (Wildman–Crippen MR) is 84.4 cm³/mol. The summed E-state index contributed by atoms with van der Waals surface area (Å²) in [4.78, 5) is 13.2. The maximum absolute atomic E-state index is 11.8. The summed E-state index contributed by atoms with van der Waals surface area (Å²) in [6.07, 6.45) is 4.03. The number of thiophene rings is 1. The maximum Gasteiger partial charge on any atom is 0.350 e. The zero-order valence-electron chi connectivity index (χ0n) is 11.7. The lowest BCUT2D eigenvalue weighted by molar-refractivity contribution is 0.0533. The average Bonchev–Trinajstić information content (AvgIpc) is 2.65. The maximum atomic E-state index is 11.8. The number of anilines is 2. The molecule has 6 heteroatoms. The molecule has 19 heavy (non-hydrogen) atoms. The van der Waals surface area contributed by atoms with Crippen LogP contribution in [0.3, 0.4) is 0 Å². The van der Waals surface area contributed by atoms with E-state index in [2.05, 4.69) is 11.4 Å². The lowest BCUT2D eigenvalue weighted by atomic mass is 10.3. The normalized spacial score (nSPS) is 10.1. The van der Waals surface area contributed by atoms with Gasteiger partial charge in [-0.15, -0.1) is 23.1 Å². The van der Waals surface area contributed by atoms with Crippen molar-refractivity contribution in [2.75, 3.05) is 30.5 Å². The van der Waals surface area contributed by atoms with Gasteiger partial charge >= 0.3 is 5.97 Å². The Morgan fingerprint density at radius 1 is 1.53 bits per heavy atom. The van der Waals surface area contributed by atoms with Crippen LogP contribution in [0.2, 0.25) is 0 Å². The average molecular weight is 300 g/mol. The Kier molecular flexibility index (Phi) is 6.24. The van der Waals surface area contributed by atoms with Crippen LogP contribution in [0.1, 0.15) is 30.4 Å². The van der Waals surface area contributed by atoms with Crippen molar-refractivity contribution in [1.29, 1.82) is 0 Å². The van der Waals surface area contributed by atoms with Crippen molar-refractivity contribution in [3.05, 3.63) is 16.5 Å². The van der Waals surface area contributed by atoms with Gasteiger partial charge < -0.3 is 15.8 Å². The molecule has 0 aliphatic rings. The van der Waals surface area contributed by atoms with Gasteiger partial charge in [0.05, 0.1) is 17.2 Å². The van der Waals surface area contributed by atoms with Crippen molar-refractivity contribution in [3.63, 3.8) is 0 Å². The lowest BCUT2D eigenvalue weighted by Gasteiger charge is -2.03. The third-order valence-corrected chi connectivity index (χ3v) is 4.44. The molecule has 0 amide bonds. The largest absolute Gasteiger partial charge is 0.462 e. The highest BCUT2D eigenvalue weighted by molar-refractivity contribution is 7.99. The molecular weight excluding hydrogens is 280 g/mol. The van der Waals surface area contributed by atoms with Crippen molar-refractivity contribution < 1.29 is 9.53 Å².